The van der Waals surface area contributed by atoms with E-state index in [1.165, 1.54) is 12.8 Å². The molecule has 0 aliphatic carbocycles. The Kier molecular flexibility index (Phi) is 7.17. The van der Waals surface area contributed by atoms with E-state index in [1.54, 1.807) is 23.5 Å². The lowest BCUT2D eigenvalue weighted by atomic mass is 10.1. The number of pyridine rings is 1. The van der Waals surface area contributed by atoms with Crippen LogP contribution >= 0.6 is 11.3 Å². The number of carbonyl (C=O) groups excluding carboxylic acids is 1. The lowest BCUT2D eigenvalue weighted by molar-refractivity contribution is -0.120. The van der Waals surface area contributed by atoms with Gasteiger partial charge in [0, 0.05) is 31.6 Å². The first-order chi connectivity index (χ1) is 15.2. The number of benzene rings is 1. The molecule has 3 heterocycles. The van der Waals surface area contributed by atoms with Crippen molar-refractivity contribution in [1.29, 1.82) is 0 Å². The predicted octanol–water partition coefficient (Wildman–Crippen LogP) is 4.20. The highest BCUT2D eigenvalue weighted by atomic mass is 32.1. The molecule has 3 aromatic rings. The molecule has 0 saturated carbocycles. The summed E-state index contributed by atoms with van der Waals surface area (Å²) < 4.78 is 0. The number of hydrogen-bond acceptors (Lipinski definition) is 6. The van der Waals surface area contributed by atoms with Crippen LogP contribution in [-0.2, 0) is 4.79 Å². The number of phenols is 1. The molecule has 1 aliphatic rings. The van der Waals surface area contributed by atoms with Gasteiger partial charge in [0.15, 0.2) is 0 Å². The third-order valence-corrected chi connectivity index (χ3v) is 6.11. The van der Waals surface area contributed by atoms with Gasteiger partial charge in [0.2, 0.25) is 5.91 Å². The highest BCUT2D eigenvalue weighted by molar-refractivity contribution is 7.08. The molecule has 1 fully saturated rings. The van der Waals surface area contributed by atoms with E-state index in [0.717, 1.165) is 42.0 Å². The number of nitrogens with zero attached hydrogens (tertiary/aromatic N) is 2. The molecule has 0 atom stereocenters. The van der Waals surface area contributed by atoms with Gasteiger partial charge in [-0.1, -0.05) is 12.1 Å². The number of hydrogen-bond donors (Lipinski definition) is 3. The third kappa shape index (κ3) is 6.06. The van der Waals surface area contributed by atoms with E-state index in [2.05, 4.69) is 27.0 Å². The van der Waals surface area contributed by atoms with Crippen LogP contribution in [0.2, 0.25) is 0 Å². The Morgan fingerprint density at radius 1 is 1.06 bits per heavy atom. The Labute approximate surface area is 186 Å². The summed E-state index contributed by atoms with van der Waals surface area (Å²) >= 11 is 1.65. The zero-order valence-electron chi connectivity index (χ0n) is 17.5. The number of amides is 1. The van der Waals surface area contributed by atoms with Crippen molar-refractivity contribution >= 4 is 23.1 Å². The summed E-state index contributed by atoms with van der Waals surface area (Å²) in [5.74, 6) is 0.973. The number of thiophene rings is 1. The van der Waals surface area contributed by atoms with Crippen molar-refractivity contribution in [3.63, 3.8) is 0 Å². The molecule has 162 valence electrons. The highest BCUT2D eigenvalue weighted by Gasteiger charge is 2.12. The minimum absolute atomic E-state index is 0.0499. The minimum atomic E-state index is 0.0499. The van der Waals surface area contributed by atoms with E-state index < -0.39 is 0 Å². The van der Waals surface area contributed by atoms with Crippen molar-refractivity contribution in [3.05, 3.63) is 53.2 Å². The number of aromatic nitrogens is 1. The summed E-state index contributed by atoms with van der Waals surface area (Å²) in [7, 11) is 0. The fraction of sp³-hybridized carbons (Fsp3) is 0.333. The van der Waals surface area contributed by atoms with Gasteiger partial charge >= 0.3 is 0 Å². The monoisotopic (exact) mass is 436 g/mol. The Bertz CT molecular complexity index is 1000. The van der Waals surface area contributed by atoms with Gasteiger partial charge in [-0.3, -0.25) is 4.79 Å². The van der Waals surface area contributed by atoms with E-state index >= 15 is 0 Å². The zero-order valence-corrected chi connectivity index (χ0v) is 18.3. The van der Waals surface area contributed by atoms with Crippen LogP contribution in [0.1, 0.15) is 19.3 Å². The number of phenolic OH excluding ortho intramolecular Hbond substituents is 1. The number of carbonyl (C=O) groups is 1. The molecular formula is C24H28N4O2S. The molecular weight excluding hydrogens is 408 g/mol. The predicted molar refractivity (Wildman–Crippen MR) is 126 cm³/mol. The molecule has 0 radical (unpaired) electrons. The maximum Gasteiger partial charge on any atom is 0.221 e. The first-order valence-corrected chi connectivity index (χ1v) is 11.7. The summed E-state index contributed by atoms with van der Waals surface area (Å²) in [6, 6.07) is 13.2. The van der Waals surface area contributed by atoms with Gasteiger partial charge in [0.1, 0.15) is 11.6 Å². The topological polar surface area (TPSA) is 77.5 Å². The summed E-state index contributed by atoms with van der Waals surface area (Å²) in [6.07, 6.45) is 2.92. The normalized spacial score (nSPS) is 13.9. The van der Waals surface area contributed by atoms with Crippen molar-refractivity contribution in [2.75, 3.05) is 38.0 Å². The van der Waals surface area contributed by atoms with E-state index in [-0.39, 0.29) is 11.7 Å². The number of rotatable bonds is 9. The number of likely N-dealkylation sites (tertiary alicyclic amines) is 1. The van der Waals surface area contributed by atoms with Crippen LogP contribution in [0.3, 0.4) is 0 Å². The van der Waals surface area contributed by atoms with Gasteiger partial charge in [0.05, 0.1) is 5.69 Å². The first-order valence-electron chi connectivity index (χ1n) is 10.7. The first kappa shape index (κ1) is 21.3. The number of nitrogens with one attached hydrogen (secondary N) is 2. The van der Waals surface area contributed by atoms with E-state index in [0.29, 0.717) is 25.3 Å². The Balaban J connectivity index is 1.38. The van der Waals surface area contributed by atoms with Crippen LogP contribution in [0.4, 0.5) is 5.82 Å². The van der Waals surface area contributed by atoms with Crippen molar-refractivity contribution in [1.82, 2.24) is 15.2 Å². The summed E-state index contributed by atoms with van der Waals surface area (Å²) in [5.41, 5.74) is 3.79. The molecule has 6 nitrogen and oxygen atoms in total. The molecule has 1 amide bonds. The van der Waals surface area contributed by atoms with Crippen molar-refractivity contribution < 1.29 is 9.90 Å². The minimum Gasteiger partial charge on any atom is -0.508 e. The number of aromatic hydroxyl groups is 1. The molecule has 2 aromatic heterocycles. The smallest absolute Gasteiger partial charge is 0.221 e. The molecule has 0 unspecified atom stereocenters. The van der Waals surface area contributed by atoms with Gasteiger partial charge in [-0.25, -0.2) is 4.98 Å². The Morgan fingerprint density at radius 2 is 1.94 bits per heavy atom. The summed E-state index contributed by atoms with van der Waals surface area (Å²) in [4.78, 5) is 19.3. The Morgan fingerprint density at radius 3 is 2.71 bits per heavy atom. The third-order valence-electron chi connectivity index (χ3n) is 5.43. The molecule has 3 N–H and O–H groups in total. The molecule has 31 heavy (non-hydrogen) atoms. The van der Waals surface area contributed by atoms with E-state index in [9.17, 15) is 9.90 Å². The fourth-order valence-corrected chi connectivity index (χ4v) is 4.45. The van der Waals surface area contributed by atoms with Crippen LogP contribution in [0.5, 0.6) is 5.75 Å². The van der Waals surface area contributed by atoms with Gasteiger partial charge in [-0.15, -0.1) is 0 Å². The van der Waals surface area contributed by atoms with Crippen LogP contribution in [0, 0.1) is 0 Å². The summed E-state index contributed by atoms with van der Waals surface area (Å²) in [5, 5.41) is 20.3. The van der Waals surface area contributed by atoms with E-state index in [4.69, 9.17) is 4.98 Å². The molecule has 0 spiro atoms. The van der Waals surface area contributed by atoms with Gasteiger partial charge in [-0.2, -0.15) is 11.3 Å². The molecule has 1 aliphatic heterocycles. The fourth-order valence-electron chi connectivity index (χ4n) is 3.78. The molecule has 1 aromatic carbocycles. The van der Waals surface area contributed by atoms with E-state index in [1.807, 2.05) is 29.6 Å². The van der Waals surface area contributed by atoms with Gasteiger partial charge in [0.25, 0.3) is 0 Å². The molecule has 4 rings (SSSR count). The second kappa shape index (κ2) is 10.4. The van der Waals surface area contributed by atoms with Gasteiger partial charge < -0.3 is 20.6 Å². The Hall–Kier alpha value is -2.90. The maximum atomic E-state index is 12.2. The van der Waals surface area contributed by atoms with Crippen molar-refractivity contribution in [2.24, 2.45) is 0 Å². The van der Waals surface area contributed by atoms with Crippen LogP contribution < -0.4 is 10.6 Å². The van der Waals surface area contributed by atoms with Crippen molar-refractivity contribution in [2.45, 2.75) is 19.3 Å². The zero-order chi connectivity index (χ0) is 21.5. The average molecular weight is 437 g/mol. The molecule has 1 saturated heterocycles. The molecule has 7 heteroatoms. The molecule has 0 bridgehead atoms. The SMILES string of the molecule is O=C(CCNc1cc(-c2ccsc2)cc(-c2cccc(O)c2)n1)NCCN1CCCC1. The summed E-state index contributed by atoms with van der Waals surface area (Å²) in [6.45, 7) is 4.42. The van der Waals surface area contributed by atoms with Crippen LogP contribution in [-0.4, -0.2) is 53.6 Å². The number of anilines is 1. The largest absolute Gasteiger partial charge is 0.508 e. The second-order valence-electron chi connectivity index (χ2n) is 7.76. The van der Waals surface area contributed by atoms with Crippen molar-refractivity contribution in [3.8, 4) is 28.1 Å². The highest BCUT2D eigenvalue weighted by Crippen LogP contribution is 2.30. The quantitative estimate of drug-likeness (QED) is 0.469. The lowest BCUT2D eigenvalue weighted by Gasteiger charge is -2.15. The lowest BCUT2D eigenvalue weighted by Crippen LogP contribution is -2.34. The van der Waals surface area contributed by atoms with Crippen LogP contribution in [0.15, 0.2) is 53.2 Å². The maximum absolute atomic E-state index is 12.2. The standard InChI is InChI=1S/C24H28N4O2S/c29-21-5-3-4-18(14-21)22-15-20(19-7-13-31-17-19)16-23(27-22)25-8-6-24(30)26-9-12-28-10-1-2-11-28/h3-5,7,13-17,29H,1-2,6,8-12H2,(H,25,27)(H,26,30). The van der Waals surface area contributed by atoms with Gasteiger partial charge in [-0.05, 0) is 78.2 Å². The van der Waals surface area contributed by atoms with Crippen LogP contribution in [0.25, 0.3) is 22.4 Å². The average Bonchev–Trinajstić information content (AvgIpc) is 3.48. The second-order valence-corrected chi connectivity index (χ2v) is 8.54.